The number of benzene rings is 2. The second kappa shape index (κ2) is 9.62. The molecule has 0 bridgehead atoms. The molecule has 0 spiro atoms. The number of aromatic amines is 2. The Bertz CT molecular complexity index is 1280. The average molecular weight is 421 g/mol. The van der Waals surface area contributed by atoms with E-state index in [9.17, 15) is 14.4 Å². The number of amides is 1. The molecule has 2 heterocycles. The molecular formula is C23H23N3O5. The highest BCUT2D eigenvalue weighted by molar-refractivity contribution is 6.13. The van der Waals surface area contributed by atoms with E-state index in [4.69, 9.17) is 4.74 Å². The molecule has 0 saturated heterocycles. The van der Waals surface area contributed by atoms with E-state index in [0.29, 0.717) is 29.9 Å². The highest BCUT2D eigenvalue weighted by atomic mass is 16.5. The van der Waals surface area contributed by atoms with Gasteiger partial charge in [-0.2, -0.15) is 0 Å². The van der Waals surface area contributed by atoms with Gasteiger partial charge in [0.15, 0.2) is 0 Å². The van der Waals surface area contributed by atoms with Gasteiger partial charge >= 0.3 is 0 Å². The van der Waals surface area contributed by atoms with Crippen molar-refractivity contribution >= 4 is 40.0 Å². The van der Waals surface area contributed by atoms with Gasteiger partial charge in [0.25, 0.3) is 12.0 Å². The molecule has 2 aromatic heterocycles. The molecule has 4 aromatic rings. The van der Waals surface area contributed by atoms with Crippen molar-refractivity contribution in [1.29, 1.82) is 0 Å². The first kappa shape index (κ1) is 21.6. The Balaban J connectivity index is 0.000000491. The Morgan fingerprint density at radius 1 is 1.10 bits per heavy atom. The van der Waals surface area contributed by atoms with Crippen molar-refractivity contribution < 1.29 is 19.1 Å². The zero-order valence-corrected chi connectivity index (χ0v) is 17.4. The molecule has 0 aliphatic carbocycles. The highest BCUT2D eigenvalue weighted by Crippen LogP contribution is 2.36. The summed E-state index contributed by atoms with van der Waals surface area (Å²) in [5.74, 6) is 0.399. The van der Waals surface area contributed by atoms with Gasteiger partial charge in [-0.3, -0.25) is 14.4 Å². The Hall–Kier alpha value is -4.07. The molecule has 0 aliphatic rings. The Kier molecular flexibility index (Phi) is 6.71. The lowest BCUT2D eigenvalue weighted by Crippen LogP contribution is -2.18. The van der Waals surface area contributed by atoms with E-state index in [1.165, 1.54) is 6.92 Å². The smallest absolute Gasteiger partial charge is 0.293 e. The zero-order chi connectivity index (χ0) is 22.4. The molecule has 0 fully saturated rings. The third-order valence-electron chi connectivity index (χ3n) is 4.57. The maximum absolute atomic E-state index is 12.7. The minimum atomic E-state index is -0.352. The van der Waals surface area contributed by atoms with E-state index in [0.717, 1.165) is 22.0 Å². The number of hydrogen-bond acceptors (Lipinski definition) is 5. The van der Waals surface area contributed by atoms with Crippen LogP contribution in [0, 0.1) is 0 Å². The second-order valence-electron chi connectivity index (χ2n) is 6.59. The Morgan fingerprint density at radius 2 is 1.84 bits per heavy atom. The van der Waals surface area contributed by atoms with Crippen LogP contribution >= 0.6 is 0 Å². The number of rotatable bonds is 5. The number of aromatic nitrogens is 2. The normalized spacial score (nSPS) is 10.3. The first-order valence-corrected chi connectivity index (χ1v) is 9.64. The summed E-state index contributed by atoms with van der Waals surface area (Å²) in [6.07, 6.45) is 0. The number of nitrogens with one attached hydrogen (secondary N) is 3. The van der Waals surface area contributed by atoms with Crippen LogP contribution in [0.2, 0.25) is 0 Å². The molecule has 8 heteroatoms. The number of H-pyrrole nitrogens is 2. The molecule has 1 amide bonds. The molecule has 0 saturated carbocycles. The molecule has 0 radical (unpaired) electrons. The lowest BCUT2D eigenvalue weighted by molar-refractivity contribution is -0.128. The SMILES string of the molecule is CCOC=O.COc1ccc2[nH]c3c(-c4ccccc4)c(NC(C)=O)c(=O)[nH]c3c2c1. The molecule has 0 aliphatic heterocycles. The van der Waals surface area contributed by atoms with Crippen LogP contribution in [0.25, 0.3) is 33.1 Å². The van der Waals surface area contributed by atoms with Crippen LogP contribution < -0.4 is 15.6 Å². The van der Waals surface area contributed by atoms with Gasteiger partial charge in [-0.1, -0.05) is 30.3 Å². The van der Waals surface area contributed by atoms with Gasteiger partial charge in [-0.15, -0.1) is 0 Å². The number of pyridine rings is 1. The van der Waals surface area contributed by atoms with Crippen LogP contribution in [0.3, 0.4) is 0 Å². The quantitative estimate of drug-likeness (QED) is 0.424. The monoisotopic (exact) mass is 421 g/mol. The molecule has 2 aromatic carbocycles. The standard InChI is InChI=1S/C20H17N3O3.C3H6O2/c1-11(24)21-19-16(12-6-4-3-5-7-12)18-17(23-20(19)25)14-10-13(26-2)8-9-15(14)22-18;1-2-5-3-4/h3-10,22H,1-2H3,(H,21,24)(H,23,25);3H,2H2,1H3. The zero-order valence-electron chi connectivity index (χ0n) is 17.4. The summed E-state index contributed by atoms with van der Waals surface area (Å²) in [7, 11) is 1.60. The summed E-state index contributed by atoms with van der Waals surface area (Å²) in [4.78, 5) is 39.8. The number of hydrogen-bond donors (Lipinski definition) is 3. The minimum Gasteiger partial charge on any atom is -0.497 e. The Morgan fingerprint density at radius 3 is 2.42 bits per heavy atom. The van der Waals surface area contributed by atoms with Gasteiger partial charge in [-0.25, -0.2) is 0 Å². The molecule has 0 unspecified atom stereocenters. The Labute approximate surface area is 178 Å². The number of carbonyl (C=O) groups excluding carboxylic acids is 2. The highest BCUT2D eigenvalue weighted by Gasteiger charge is 2.19. The summed E-state index contributed by atoms with van der Waals surface area (Å²) in [6, 6.07) is 15.1. The van der Waals surface area contributed by atoms with E-state index >= 15 is 0 Å². The summed E-state index contributed by atoms with van der Waals surface area (Å²) >= 11 is 0. The van der Waals surface area contributed by atoms with Gasteiger partial charge in [0, 0.05) is 23.4 Å². The molecule has 160 valence electrons. The molecule has 4 rings (SSSR count). The van der Waals surface area contributed by atoms with Crippen molar-refractivity contribution in [3.8, 4) is 16.9 Å². The second-order valence-corrected chi connectivity index (χ2v) is 6.59. The van der Waals surface area contributed by atoms with E-state index in [2.05, 4.69) is 20.0 Å². The summed E-state index contributed by atoms with van der Waals surface area (Å²) in [6.45, 7) is 4.05. The average Bonchev–Trinajstić information content (AvgIpc) is 3.12. The van der Waals surface area contributed by atoms with Gasteiger partial charge in [0.1, 0.15) is 11.4 Å². The first-order chi connectivity index (χ1) is 15.0. The van der Waals surface area contributed by atoms with Crippen molar-refractivity contribution in [2.24, 2.45) is 0 Å². The van der Waals surface area contributed by atoms with Gasteiger partial charge in [-0.05, 0) is 30.7 Å². The van der Waals surface area contributed by atoms with Crippen molar-refractivity contribution in [1.82, 2.24) is 9.97 Å². The van der Waals surface area contributed by atoms with Gasteiger partial charge in [0.05, 0.1) is 24.8 Å². The maximum Gasteiger partial charge on any atom is 0.293 e. The summed E-state index contributed by atoms with van der Waals surface area (Å²) < 4.78 is 9.45. The van der Waals surface area contributed by atoms with E-state index < -0.39 is 0 Å². The lowest BCUT2D eigenvalue weighted by Gasteiger charge is -2.11. The number of methoxy groups -OCH3 is 1. The van der Waals surface area contributed by atoms with Crippen molar-refractivity contribution in [3.05, 3.63) is 58.9 Å². The molecular weight excluding hydrogens is 398 g/mol. The molecule has 8 nitrogen and oxygen atoms in total. The van der Waals surface area contributed by atoms with E-state index in [1.54, 1.807) is 14.0 Å². The number of ether oxygens (including phenoxy) is 2. The van der Waals surface area contributed by atoms with Crippen LogP contribution in [-0.4, -0.2) is 36.1 Å². The summed E-state index contributed by atoms with van der Waals surface area (Å²) in [5.41, 5.74) is 3.68. The third kappa shape index (κ3) is 4.58. The van der Waals surface area contributed by atoms with Crippen LogP contribution in [0.1, 0.15) is 13.8 Å². The minimum absolute atomic E-state index is 0.231. The van der Waals surface area contributed by atoms with Crippen molar-refractivity contribution in [2.75, 3.05) is 19.0 Å². The number of anilines is 1. The fraction of sp³-hybridized carbons (Fsp3) is 0.174. The van der Waals surface area contributed by atoms with Gasteiger partial charge in [0.2, 0.25) is 5.91 Å². The predicted molar refractivity (Wildman–Crippen MR) is 120 cm³/mol. The van der Waals surface area contributed by atoms with Gasteiger partial charge < -0.3 is 24.8 Å². The number of fused-ring (bicyclic) bond motifs is 3. The van der Waals surface area contributed by atoms with Crippen LogP contribution in [-0.2, 0) is 14.3 Å². The van der Waals surface area contributed by atoms with Crippen molar-refractivity contribution in [2.45, 2.75) is 13.8 Å². The summed E-state index contributed by atoms with van der Waals surface area (Å²) in [5, 5.41) is 3.52. The topological polar surface area (TPSA) is 113 Å². The molecule has 3 N–H and O–H groups in total. The van der Waals surface area contributed by atoms with Crippen LogP contribution in [0.5, 0.6) is 5.75 Å². The number of carbonyl (C=O) groups is 2. The first-order valence-electron chi connectivity index (χ1n) is 9.64. The predicted octanol–water partition coefficient (Wildman–Crippen LogP) is 3.82. The van der Waals surface area contributed by atoms with E-state index in [-0.39, 0.29) is 17.2 Å². The third-order valence-corrected chi connectivity index (χ3v) is 4.57. The van der Waals surface area contributed by atoms with Crippen LogP contribution in [0.4, 0.5) is 5.69 Å². The fourth-order valence-electron chi connectivity index (χ4n) is 3.29. The largest absolute Gasteiger partial charge is 0.497 e. The van der Waals surface area contributed by atoms with E-state index in [1.807, 2.05) is 48.5 Å². The fourth-order valence-corrected chi connectivity index (χ4v) is 3.29. The molecule has 0 atom stereocenters. The van der Waals surface area contributed by atoms with Crippen molar-refractivity contribution in [3.63, 3.8) is 0 Å². The van der Waals surface area contributed by atoms with Crippen LogP contribution in [0.15, 0.2) is 53.3 Å². The molecule has 31 heavy (non-hydrogen) atoms. The maximum atomic E-state index is 12.7. The lowest BCUT2D eigenvalue weighted by atomic mass is 10.0.